The van der Waals surface area contributed by atoms with Gasteiger partial charge in [-0.05, 0) is 14.0 Å². The molecule has 0 saturated heterocycles. The molecule has 0 bridgehead atoms. The fourth-order valence-corrected chi connectivity index (χ4v) is 2.27. The van der Waals surface area contributed by atoms with Gasteiger partial charge >= 0.3 is 0 Å². The van der Waals surface area contributed by atoms with Crippen LogP contribution in [-0.2, 0) is 6.54 Å². The summed E-state index contributed by atoms with van der Waals surface area (Å²) in [5, 5.41) is 13.6. The number of oxime groups is 1. The molecule has 0 aromatic carbocycles. The van der Waals surface area contributed by atoms with Crippen LogP contribution in [0.2, 0.25) is 0 Å². The highest BCUT2D eigenvalue weighted by molar-refractivity contribution is 7.15. The second-order valence-corrected chi connectivity index (χ2v) is 4.81. The number of likely N-dealkylation sites (N-methyl/N-ethyl adjacent to an activating group) is 1. The van der Waals surface area contributed by atoms with E-state index in [1.165, 1.54) is 0 Å². The largest absolute Gasteiger partial charge is 0.409 e. The number of amidine groups is 1. The summed E-state index contributed by atoms with van der Waals surface area (Å²) in [7, 11) is 1.91. The first kappa shape index (κ1) is 11.9. The molecule has 3 N–H and O–H groups in total. The lowest BCUT2D eigenvalue weighted by Gasteiger charge is -2.22. The Morgan fingerprint density at radius 3 is 3.18 bits per heavy atom. The van der Waals surface area contributed by atoms with Crippen LogP contribution in [0.4, 0.5) is 0 Å². The first-order valence-electron chi connectivity index (χ1n) is 5.20. The lowest BCUT2D eigenvalue weighted by atomic mass is 10.2. The van der Waals surface area contributed by atoms with Gasteiger partial charge in [-0.1, -0.05) is 5.16 Å². The van der Waals surface area contributed by atoms with Crippen molar-refractivity contribution in [3.8, 4) is 0 Å². The molecule has 6 nitrogen and oxygen atoms in total. The lowest BCUT2D eigenvalue weighted by molar-refractivity contribution is 0.277. The van der Waals surface area contributed by atoms with Crippen LogP contribution in [0.3, 0.4) is 0 Å². The number of aromatic nitrogens is 2. The van der Waals surface area contributed by atoms with E-state index in [2.05, 4.69) is 10.1 Å². The predicted octanol–water partition coefficient (Wildman–Crippen LogP) is 0.963. The molecule has 2 rings (SSSR count). The van der Waals surface area contributed by atoms with Crippen LogP contribution in [-0.4, -0.2) is 38.4 Å². The summed E-state index contributed by atoms with van der Waals surface area (Å²) in [4.78, 5) is 7.43. The van der Waals surface area contributed by atoms with Gasteiger partial charge < -0.3 is 10.9 Å². The van der Waals surface area contributed by atoms with E-state index in [-0.39, 0.29) is 11.9 Å². The first-order valence-corrected chi connectivity index (χ1v) is 6.08. The van der Waals surface area contributed by atoms with Crippen molar-refractivity contribution in [1.82, 2.24) is 14.3 Å². The highest BCUT2D eigenvalue weighted by Crippen LogP contribution is 2.13. The van der Waals surface area contributed by atoms with Gasteiger partial charge in [0.15, 0.2) is 10.8 Å². The summed E-state index contributed by atoms with van der Waals surface area (Å²) in [6.07, 6.45) is 3.96. The summed E-state index contributed by atoms with van der Waals surface area (Å²) in [6, 6.07) is -0.125. The molecule has 0 radical (unpaired) electrons. The highest BCUT2D eigenvalue weighted by atomic mass is 32.1. The molecular weight excluding hydrogens is 238 g/mol. The van der Waals surface area contributed by atoms with Gasteiger partial charge in [-0.25, -0.2) is 4.98 Å². The molecule has 0 saturated carbocycles. The number of rotatable bonds is 4. The molecule has 0 aliphatic carbocycles. The third-order valence-electron chi connectivity index (χ3n) is 2.76. The monoisotopic (exact) mass is 253 g/mol. The average Bonchev–Trinajstić information content (AvgIpc) is 2.87. The van der Waals surface area contributed by atoms with Crippen molar-refractivity contribution in [2.24, 2.45) is 10.9 Å². The van der Waals surface area contributed by atoms with Crippen LogP contribution in [0.15, 0.2) is 22.9 Å². The van der Waals surface area contributed by atoms with Crippen LogP contribution >= 0.6 is 11.3 Å². The van der Waals surface area contributed by atoms with Gasteiger partial charge in [0, 0.05) is 24.3 Å². The quantitative estimate of drug-likeness (QED) is 0.368. The number of nitrogens with two attached hydrogens (primary N) is 1. The summed E-state index contributed by atoms with van der Waals surface area (Å²) >= 11 is 1.60. The zero-order valence-corrected chi connectivity index (χ0v) is 10.6. The Kier molecular flexibility index (Phi) is 3.30. The van der Waals surface area contributed by atoms with Gasteiger partial charge in [-0.2, -0.15) is 0 Å². The summed E-state index contributed by atoms with van der Waals surface area (Å²) < 4.78 is 1.99. The highest BCUT2D eigenvalue weighted by Gasteiger charge is 2.15. The minimum atomic E-state index is -0.125. The standard InChI is InChI=1S/C10H15N5OS/c1-7(9(11)13-16)14(2)5-8-6-15-3-4-17-10(15)12-8/h3-4,6-7,16H,5H2,1-2H3,(H2,11,13). The molecule has 1 unspecified atom stereocenters. The van der Waals surface area contributed by atoms with Crippen molar-refractivity contribution in [3.05, 3.63) is 23.5 Å². The fourth-order valence-electron chi connectivity index (χ4n) is 1.55. The molecule has 92 valence electrons. The van der Waals surface area contributed by atoms with Gasteiger partial charge in [-0.3, -0.25) is 9.30 Å². The zero-order valence-electron chi connectivity index (χ0n) is 9.74. The number of fused-ring (bicyclic) bond motifs is 1. The predicted molar refractivity (Wildman–Crippen MR) is 67.4 cm³/mol. The van der Waals surface area contributed by atoms with E-state index in [1.54, 1.807) is 11.3 Å². The molecule has 2 heterocycles. The van der Waals surface area contributed by atoms with E-state index >= 15 is 0 Å². The maximum atomic E-state index is 8.62. The minimum absolute atomic E-state index is 0.125. The second kappa shape index (κ2) is 4.72. The second-order valence-electron chi connectivity index (χ2n) is 3.94. The van der Waals surface area contributed by atoms with Crippen LogP contribution in [0.5, 0.6) is 0 Å². The molecule has 0 aliphatic rings. The molecule has 0 amide bonds. The molecule has 17 heavy (non-hydrogen) atoms. The summed E-state index contributed by atoms with van der Waals surface area (Å²) in [5.74, 6) is 0.202. The van der Waals surface area contributed by atoms with Crippen LogP contribution in [0.1, 0.15) is 12.6 Å². The SMILES string of the molecule is CC(/C(N)=N/O)N(C)Cc1cn2ccsc2n1. The molecule has 2 aromatic heterocycles. The van der Waals surface area contributed by atoms with Crippen molar-refractivity contribution < 1.29 is 5.21 Å². The summed E-state index contributed by atoms with van der Waals surface area (Å²) in [6.45, 7) is 2.54. The molecule has 0 fully saturated rings. The van der Waals surface area contributed by atoms with E-state index in [4.69, 9.17) is 10.9 Å². The maximum Gasteiger partial charge on any atom is 0.193 e. The van der Waals surface area contributed by atoms with Crippen molar-refractivity contribution in [3.63, 3.8) is 0 Å². The van der Waals surface area contributed by atoms with Gasteiger partial charge in [0.25, 0.3) is 0 Å². The maximum absolute atomic E-state index is 8.62. The molecule has 0 aliphatic heterocycles. The third-order valence-corrected chi connectivity index (χ3v) is 3.53. The topological polar surface area (TPSA) is 79.2 Å². The zero-order chi connectivity index (χ0) is 12.4. The Hall–Kier alpha value is -1.60. The number of hydrogen-bond donors (Lipinski definition) is 2. The minimum Gasteiger partial charge on any atom is -0.409 e. The Balaban J connectivity index is 2.08. The van der Waals surface area contributed by atoms with Crippen LogP contribution < -0.4 is 5.73 Å². The van der Waals surface area contributed by atoms with Gasteiger partial charge in [0.05, 0.1) is 11.7 Å². The van der Waals surface area contributed by atoms with Crippen molar-refractivity contribution in [1.29, 1.82) is 0 Å². The number of imidazole rings is 1. The van der Waals surface area contributed by atoms with Crippen LogP contribution in [0, 0.1) is 0 Å². The van der Waals surface area contributed by atoms with E-state index in [0.29, 0.717) is 6.54 Å². The van der Waals surface area contributed by atoms with Crippen molar-refractivity contribution >= 4 is 22.1 Å². The molecule has 2 aromatic rings. The smallest absolute Gasteiger partial charge is 0.193 e. The van der Waals surface area contributed by atoms with E-state index in [9.17, 15) is 0 Å². The number of nitrogens with zero attached hydrogens (tertiary/aromatic N) is 4. The van der Waals surface area contributed by atoms with Crippen molar-refractivity contribution in [2.45, 2.75) is 19.5 Å². The molecule has 0 spiro atoms. The first-order chi connectivity index (χ1) is 8.11. The Morgan fingerprint density at radius 1 is 1.76 bits per heavy atom. The lowest BCUT2D eigenvalue weighted by Crippen LogP contribution is -2.40. The third kappa shape index (κ3) is 2.40. The molecule has 1 atom stereocenters. The van der Waals surface area contributed by atoms with E-state index < -0.39 is 0 Å². The molecule has 7 heteroatoms. The Labute approximate surface area is 103 Å². The summed E-state index contributed by atoms with van der Waals surface area (Å²) in [5.41, 5.74) is 6.53. The Bertz CT molecular complexity index is 503. The van der Waals surface area contributed by atoms with Gasteiger partial charge in [0.1, 0.15) is 0 Å². The van der Waals surface area contributed by atoms with E-state index in [0.717, 1.165) is 10.7 Å². The van der Waals surface area contributed by atoms with E-state index in [1.807, 2.05) is 41.0 Å². The van der Waals surface area contributed by atoms with Gasteiger partial charge in [-0.15, -0.1) is 11.3 Å². The Morgan fingerprint density at radius 2 is 2.53 bits per heavy atom. The normalized spacial score (nSPS) is 14.6. The fraction of sp³-hybridized carbons (Fsp3) is 0.400. The molecular formula is C10H15N5OS. The number of hydrogen-bond acceptors (Lipinski definition) is 5. The van der Waals surface area contributed by atoms with Gasteiger partial charge in [0.2, 0.25) is 0 Å². The van der Waals surface area contributed by atoms with Crippen LogP contribution in [0.25, 0.3) is 4.96 Å². The average molecular weight is 253 g/mol. The number of thiazole rings is 1. The van der Waals surface area contributed by atoms with Crippen molar-refractivity contribution in [2.75, 3.05) is 7.05 Å².